The maximum absolute atomic E-state index is 13.3. The van der Waals surface area contributed by atoms with Gasteiger partial charge in [-0.05, 0) is 42.2 Å². The summed E-state index contributed by atoms with van der Waals surface area (Å²) in [5.74, 6) is 0.358. The van der Waals surface area contributed by atoms with Gasteiger partial charge in [-0.3, -0.25) is 14.2 Å². The zero-order chi connectivity index (χ0) is 18.5. The monoisotopic (exact) mass is 370 g/mol. The SMILES string of the molecule is CC1(C)CC(=O)c2cc(C3=NCCO3)c(=O)n(-c3ccc(Cl)cc3)c2C1. The van der Waals surface area contributed by atoms with E-state index in [4.69, 9.17) is 16.3 Å². The van der Waals surface area contributed by atoms with Crippen molar-refractivity contribution in [2.75, 3.05) is 13.2 Å². The molecule has 134 valence electrons. The first-order valence-corrected chi connectivity index (χ1v) is 8.99. The Hall–Kier alpha value is -2.40. The molecule has 0 spiro atoms. The maximum atomic E-state index is 13.3. The van der Waals surface area contributed by atoms with Crippen LogP contribution in [0.15, 0.2) is 40.1 Å². The van der Waals surface area contributed by atoms with Gasteiger partial charge in [0, 0.05) is 28.4 Å². The van der Waals surface area contributed by atoms with Crippen LogP contribution >= 0.6 is 11.6 Å². The summed E-state index contributed by atoms with van der Waals surface area (Å²) in [6.07, 6.45) is 1.09. The number of nitrogens with zero attached hydrogens (tertiary/aromatic N) is 2. The van der Waals surface area contributed by atoms with Crippen molar-refractivity contribution in [3.63, 3.8) is 0 Å². The third kappa shape index (κ3) is 2.86. The number of Topliss-reactive ketones (excluding diaryl/α,β-unsaturated/α-hetero) is 1. The highest BCUT2D eigenvalue weighted by molar-refractivity contribution is 6.30. The maximum Gasteiger partial charge on any atom is 0.268 e. The van der Waals surface area contributed by atoms with Crippen LogP contribution in [0.25, 0.3) is 5.69 Å². The minimum atomic E-state index is -0.225. The van der Waals surface area contributed by atoms with Gasteiger partial charge in [0.2, 0.25) is 5.90 Å². The highest BCUT2D eigenvalue weighted by Crippen LogP contribution is 2.35. The van der Waals surface area contributed by atoms with Gasteiger partial charge in [-0.1, -0.05) is 25.4 Å². The van der Waals surface area contributed by atoms with Crippen molar-refractivity contribution in [1.29, 1.82) is 0 Å². The van der Waals surface area contributed by atoms with E-state index in [-0.39, 0.29) is 16.8 Å². The standard InChI is InChI=1S/C20H19ClN2O3/c1-20(2)10-16-14(17(24)11-20)9-15(18-22-7-8-26-18)19(25)23(16)13-5-3-12(21)4-6-13/h3-6,9H,7-8,10-11H2,1-2H3. The smallest absolute Gasteiger partial charge is 0.268 e. The fourth-order valence-corrected chi connectivity index (χ4v) is 3.75. The molecule has 0 unspecified atom stereocenters. The Morgan fingerprint density at radius 3 is 2.50 bits per heavy atom. The molecule has 0 bridgehead atoms. The molecule has 1 aromatic carbocycles. The van der Waals surface area contributed by atoms with E-state index in [2.05, 4.69) is 4.99 Å². The average molecular weight is 371 g/mol. The van der Waals surface area contributed by atoms with Gasteiger partial charge in [-0.2, -0.15) is 0 Å². The molecule has 5 nitrogen and oxygen atoms in total. The molecular weight excluding hydrogens is 352 g/mol. The van der Waals surface area contributed by atoms with E-state index in [0.29, 0.717) is 53.7 Å². The van der Waals surface area contributed by atoms with Crippen LogP contribution in [0.2, 0.25) is 5.02 Å². The zero-order valence-corrected chi connectivity index (χ0v) is 15.5. The predicted molar refractivity (Wildman–Crippen MR) is 101 cm³/mol. The second kappa shape index (κ2) is 6.09. The van der Waals surface area contributed by atoms with Crippen LogP contribution in [0.4, 0.5) is 0 Å². The molecule has 0 radical (unpaired) electrons. The summed E-state index contributed by atoms with van der Waals surface area (Å²) in [5.41, 5.74) is 1.91. The Labute approximate surface area is 156 Å². The highest BCUT2D eigenvalue weighted by atomic mass is 35.5. The van der Waals surface area contributed by atoms with E-state index < -0.39 is 0 Å². The van der Waals surface area contributed by atoms with Crippen molar-refractivity contribution in [1.82, 2.24) is 4.57 Å². The Morgan fingerprint density at radius 2 is 1.85 bits per heavy atom. The molecule has 2 aliphatic rings. The fraction of sp³-hybridized carbons (Fsp3) is 0.350. The minimum absolute atomic E-state index is 0.0406. The van der Waals surface area contributed by atoms with Crippen molar-refractivity contribution in [3.8, 4) is 5.69 Å². The lowest BCUT2D eigenvalue weighted by molar-refractivity contribution is 0.0909. The summed E-state index contributed by atoms with van der Waals surface area (Å²) < 4.78 is 7.12. The number of rotatable bonds is 2. The van der Waals surface area contributed by atoms with Crippen LogP contribution in [-0.4, -0.2) is 29.4 Å². The molecule has 6 heteroatoms. The predicted octanol–water partition coefficient (Wildman–Crippen LogP) is 3.42. The van der Waals surface area contributed by atoms with E-state index in [1.807, 2.05) is 13.8 Å². The van der Waals surface area contributed by atoms with Crippen molar-refractivity contribution in [2.45, 2.75) is 26.7 Å². The molecule has 0 N–H and O–H groups in total. The van der Waals surface area contributed by atoms with E-state index >= 15 is 0 Å². The number of halogens is 1. The molecule has 0 amide bonds. The average Bonchev–Trinajstić information content (AvgIpc) is 3.09. The quantitative estimate of drug-likeness (QED) is 0.813. The largest absolute Gasteiger partial charge is 0.475 e. The van der Waals surface area contributed by atoms with Gasteiger partial charge in [-0.15, -0.1) is 0 Å². The summed E-state index contributed by atoms with van der Waals surface area (Å²) in [6, 6.07) is 8.71. The molecule has 0 atom stereocenters. The first-order chi connectivity index (χ1) is 12.4. The van der Waals surface area contributed by atoms with Crippen molar-refractivity contribution < 1.29 is 9.53 Å². The number of carbonyl (C=O) groups excluding carboxylic acids is 1. The van der Waals surface area contributed by atoms with Gasteiger partial charge >= 0.3 is 0 Å². The molecule has 26 heavy (non-hydrogen) atoms. The third-order valence-electron chi connectivity index (χ3n) is 4.79. The van der Waals surface area contributed by atoms with Gasteiger partial charge < -0.3 is 4.74 Å². The second-order valence-electron chi connectivity index (χ2n) is 7.51. The second-order valence-corrected chi connectivity index (χ2v) is 7.95. The van der Waals surface area contributed by atoms with Crippen LogP contribution < -0.4 is 5.56 Å². The van der Waals surface area contributed by atoms with Crippen molar-refractivity contribution >= 4 is 23.3 Å². The Morgan fingerprint density at radius 1 is 1.12 bits per heavy atom. The molecule has 1 aromatic heterocycles. The van der Waals surface area contributed by atoms with Crippen LogP contribution in [0.1, 0.15) is 41.9 Å². The summed E-state index contributed by atoms with van der Waals surface area (Å²) in [6.45, 7) is 5.06. The molecular formula is C20H19ClN2O3. The number of fused-ring (bicyclic) bond motifs is 1. The third-order valence-corrected chi connectivity index (χ3v) is 5.04. The lowest BCUT2D eigenvalue weighted by atomic mass is 9.75. The van der Waals surface area contributed by atoms with E-state index in [9.17, 15) is 9.59 Å². The fourth-order valence-electron chi connectivity index (χ4n) is 3.63. The molecule has 2 heterocycles. The van der Waals surface area contributed by atoms with Gasteiger partial charge in [-0.25, -0.2) is 4.99 Å². The lowest BCUT2D eigenvalue weighted by Gasteiger charge is -2.32. The van der Waals surface area contributed by atoms with Crippen LogP contribution in [0, 0.1) is 5.41 Å². The Kier molecular flexibility index (Phi) is 3.99. The number of hydrogen-bond acceptors (Lipinski definition) is 4. The van der Waals surface area contributed by atoms with Gasteiger partial charge in [0.05, 0.1) is 6.54 Å². The minimum Gasteiger partial charge on any atom is -0.475 e. The van der Waals surface area contributed by atoms with E-state index in [1.54, 1.807) is 34.9 Å². The molecule has 1 aliphatic carbocycles. The topological polar surface area (TPSA) is 60.7 Å². The van der Waals surface area contributed by atoms with E-state index in [1.165, 1.54) is 0 Å². The first kappa shape index (κ1) is 17.0. The number of aromatic nitrogens is 1. The number of ether oxygens (including phenoxy) is 1. The normalized spacial score (nSPS) is 18.3. The summed E-state index contributed by atoms with van der Waals surface area (Å²) >= 11 is 6.01. The molecule has 0 fully saturated rings. The van der Waals surface area contributed by atoms with Gasteiger partial charge in [0.15, 0.2) is 5.78 Å². The number of pyridine rings is 1. The molecule has 4 rings (SSSR count). The number of aliphatic imine (C=N–C) groups is 1. The number of benzene rings is 1. The van der Waals surface area contributed by atoms with Crippen molar-refractivity contribution in [3.05, 3.63) is 62.5 Å². The molecule has 0 saturated heterocycles. The highest BCUT2D eigenvalue weighted by Gasteiger charge is 2.35. The molecule has 1 aliphatic heterocycles. The Balaban J connectivity index is 2.02. The van der Waals surface area contributed by atoms with Gasteiger partial charge in [0.25, 0.3) is 5.56 Å². The molecule has 2 aromatic rings. The van der Waals surface area contributed by atoms with Crippen molar-refractivity contribution in [2.24, 2.45) is 10.4 Å². The number of ketones is 1. The summed E-state index contributed by atoms with van der Waals surface area (Å²) in [5, 5.41) is 0.590. The van der Waals surface area contributed by atoms with Crippen LogP contribution in [0.5, 0.6) is 0 Å². The number of hydrogen-bond donors (Lipinski definition) is 0. The Bertz CT molecular complexity index is 987. The number of carbonyl (C=O) groups is 1. The molecule has 0 saturated carbocycles. The first-order valence-electron chi connectivity index (χ1n) is 8.61. The van der Waals surface area contributed by atoms with Gasteiger partial charge in [0.1, 0.15) is 12.2 Å². The van der Waals surface area contributed by atoms with E-state index in [0.717, 1.165) is 5.69 Å². The summed E-state index contributed by atoms with van der Waals surface area (Å²) in [7, 11) is 0. The van der Waals surface area contributed by atoms with Crippen LogP contribution in [0.3, 0.4) is 0 Å². The van der Waals surface area contributed by atoms with Crippen LogP contribution in [-0.2, 0) is 11.2 Å². The lowest BCUT2D eigenvalue weighted by Crippen LogP contribution is -2.36. The summed E-state index contributed by atoms with van der Waals surface area (Å²) in [4.78, 5) is 30.4. The zero-order valence-electron chi connectivity index (χ0n) is 14.7.